The van der Waals surface area contributed by atoms with Crippen molar-refractivity contribution in [1.29, 1.82) is 0 Å². The van der Waals surface area contributed by atoms with E-state index < -0.39 is 11.8 Å². The van der Waals surface area contributed by atoms with Crippen LogP contribution in [0.1, 0.15) is 94.1 Å². The summed E-state index contributed by atoms with van der Waals surface area (Å²) in [6.45, 7) is 10.8. The average Bonchev–Trinajstić information content (AvgIpc) is 3.09. The number of carboxylic acid groups (broad SMARTS) is 1. The summed E-state index contributed by atoms with van der Waals surface area (Å²) < 4.78 is 0. The van der Waals surface area contributed by atoms with Gasteiger partial charge in [-0.2, -0.15) is 0 Å². The molecule has 1 aromatic rings. The summed E-state index contributed by atoms with van der Waals surface area (Å²) in [5, 5.41) is 9.05. The fraction of sp³-hybridized carbons (Fsp3) is 0.667. The van der Waals surface area contributed by atoms with E-state index in [0.717, 1.165) is 44.1 Å². The van der Waals surface area contributed by atoms with E-state index in [1.54, 1.807) is 12.1 Å². The van der Waals surface area contributed by atoms with E-state index in [9.17, 15) is 14.4 Å². The molecule has 3 aliphatic rings. The van der Waals surface area contributed by atoms with Gasteiger partial charge in [0.25, 0.3) is 5.78 Å². The molecule has 0 bridgehead atoms. The van der Waals surface area contributed by atoms with Gasteiger partial charge in [0.1, 0.15) is 0 Å². The van der Waals surface area contributed by atoms with Crippen LogP contribution in [0.15, 0.2) is 18.2 Å². The van der Waals surface area contributed by atoms with Crippen LogP contribution in [0.2, 0.25) is 0 Å². The normalized spacial score (nSPS) is 31.1. The van der Waals surface area contributed by atoms with E-state index in [-0.39, 0.29) is 29.0 Å². The number of benzene rings is 1. The van der Waals surface area contributed by atoms with Crippen molar-refractivity contribution in [3.05, 3.63) is 34.9 Å². The number of carboxylic acids is 1. The van der Waals surface area contributed by atoms with Crippen molar-refractivity contribution in [3.8, 4) is 0 Å². The Morgan fingerprint density at radius 1 is 1.03 bits per heavy atom. The molecule has 1 amide bonds. The number of ketones is 1. The van der Waals surface area contributed by atoms with E-state index in [1.807, 2.05) is 6.07 Å². The first-order chi connectivity index (χ1) is 15.1. The average molecular weight is 440 g/mol. The summed E-state index contributed by atoms with van der Waals surface area (Å²) in [7, 11) is 0. The first-order valence-electron chi connectivity index (χ1n) is 12.3. The summed E-state index contributed by atoms with van der Waals surface area (Å²) in [5.74, 6) is -0.224. The maximum Gasteiger partial charge on any atom is 0.377 e. The molecule has 0 aromatic heterocycles. The number of Topliss-reactive ketones (excluding diaryl/α,β-unsaturated/α-hetero) is 1. The van der Waals surface area contributed by atoms with Crippen LogP contribution in [-0.4, -0.2) is 39.7 Å². The fourth-order valence-corrected chi connectivity index (χ4v) is 7.54. The first kappa shape index (κ1) is 23.0. The second-order valence-corrected chi connectivity index (χ2v) is 11.1. The summed E-state index contributed by atoms with van der Waals surface area (Å²) in [4.78, 5) is 38.7. The molecule has 0 aliphatic heterocycles. The van der Waals surface area contributed by atoms with Crippen LogP contribution in [-0.2, 0) is 16.0 Å². The predicted octanol–water partition coefficient (Wildman–Crippen LogP) is 5.07. The van der Waals surface area contributed by atoms with Gasteiger partial charge >= 0.3 is 5.97 Å². The standard InChI is InChI=1S/C27H37NO4/c1-15(2)28(16(3)4)25(30)23-11-10-22-21-9-6-17-14-18(24(29)26(31)32)7-8-19(17)20(21)12-13-27(22,23)5/h7-8,14-16,20-23H,6,9-13H2,1-5H3,(H,31,32)/t20-,21-,22+,23-,27+/m1/s1. The van der Waals surface area contributed by atoms with Crippen molar-refractivity contribution in [2.24, 2.45) is 23.2 Å². The lowest BCUT2D eigenvalue weighted by Gasteiger charge is -2.51. The molecule has 3 aliphatic carbocycles. The lowest BCUT2D eigenvalue weighted by atomic mass is 9.54. The van der Waals surface area contributed by atoms with Crippen LogP contribution in [0, 0.1) is 23.2 Å². The number of carbonyl (C=O) groups excluding carboxylic acids is 2. The number of hydrogen-bond acceptors (Lipinski definition) is 3. The molecule has 0 heterocycles. The number of hydrogen-bond donors (Lipinski definition) is 1. The van der Waals surface area contributed by atoms with Crippen LogP contribution >= 0.6 is 0 Å². The van der Waals surface area contributed by atoms with Crippen molar-refractivity contribution < 1.29 is 19.5 Å². The van der Waals surface area contributed by atoms with Crippen molar-refractivity contribution in [1.82, 2.24) is 4.90 Å². The van der Waals surface area contributed by atoms with Gasteiger partial charge in [-0.05, 0) is 107 Å². The minimum Gasteiger partial charge on any atom is -0.475 e. The number of fused-ring (bicyclic) bond motifs is 5. The molecular formula is C27H37NO4. The second kappa shape index (κ2) is 8.31. The lowest BCUT2D eigenvalue weighted by molar-refractivity contribution is -0.144. The highest BCUT2D eigenvalue weighted by Crippen LogP contribution is 2.63. The van der Waals surface area contributed by atoms with E-state index in [1.165, 1.54) is 5.56 Å². The SMILES string of the molecule is CC(C)N(C(=O)[C@H]1CC[C@H]2[C@@H]3CCc4cc(C(=O)C(=O)O)ccc4[C@H]3CC[C@]12C)C(C)C. The highest BCUT2D eigenvalue weighted by molar-refractivity contribution is 6.39. The Bertz CT molecular complexity index is 928. The third-order valence-corrected chi connectivity index (χ3v) is 8.85. The molecule has 0 spiro atoms. The van der Waals surface area contributed by atoms with Crippen LogP contribution < -0.4 is 0 Å². The topological polar surface area (TPSA) is 74.7 Å². The summed E-state index contributed by atoms with van der Waals surface area (Å²) >= 11 is 0. The predicted molar refractivity (Wildman–Crippen MR) is 124 cm³/mol. The zero-order chi connectivity index (χ0) is 23.4. The minimum atomic E-state index is -1.40. The third kappa shape index (κ3) is 3.58. The molecule has 1 N–H and O–H groups in total. The molecule has 4 rings (SSSR count). The summed E-state index contributed by atoms with van der Waals surface area (Å²) in [6.07, 6.45) is 6.15. The number of amides is 1. The largest absolute Gasteiger partial charge is 0.475 e. The molecule has 5 nitrogen and oxygen atoms in total. The Kier molecular flexibility index (Phi) is 5.98. The van der Waals surface area contributed by atoms with Crippen molar-refractivity contribution in [2.45, 2.75) is 91.1 Å². The number of aliphatic carboxylic acids is 1. The van der Waals surface area contributed by atoms with Gasteiger partial charge in [-0.3, -0.25) is 9.59 Å². The summed E-state index contributed by atoms with van der Waals surface area (Å²) in [6, 6.07) is 5.92. The highest BCUT2D eigenvalue weighted by Gasteiger charge is 2.57. The van der Waals surface area contributed by atoms with Gasteiger partial charge in [-0.1, -0.05) is 19.1 Å². The van der Waals surface area contributed by atoms with E-state index in [0.29, 0.717) is 23.7 Å². The maximum atomic E-state index is 13.6. The molecule has 32 heavy (non-hydrogen) atoms. The molecule has 0 unspecified atom stereocenters. The zero-order valence-electron chi connectivity index (χ0n) is 20.1. The number of nitrogens with zero attached hydrogens (tertiary/aromatic N) is 1. The van der Waals surface area contributed by atoms with Gasteiger partial charge in [0.2, 0.25) is 5.91 Å². The highest BCUT2D eigenvalue weighted by atomic mass is 16.4. The number of carbonyl (C=O) groups is 3. The van der Waals surface area contributed by atoms with Gasteiger partial charge in [-0.25, -0.2) is 4.79 Å². The van der Waals surface area contributed by atoms with Crippen LogP contribution in [0.4, 0.5) is 0 Å². The molecule has 0 radical (unpaired) electrons. The lowest BCUT2D eigenvalue weighted by Crippen LogP contribution is -2.50. The van der Waals surface area contributed by atoms with Crippen molar-refractivity contribution >= 4 is 17.7 Å². The fourth-order valence-electron chi connectivity index (χ4n) is 7.54. The molecule has 1 aromatic carbocycles. The molecule has 5 atom stereocenters. The third-order valence-electron chi connectivity index (χ3n) is 8.85. The second-order valence-electron chi connectivity index (χ2n) is 11.1. The monoisotopic (exact) mass is 439 g/mol. The molecule has 2 saturated carbocycles. The quantitative estimate of drug-likeness (QED) is 0.513. The van der Waals surface area contributed by atoms with Gasteiger partial charge in [0.05, 0.1) is 0 Å². The Morgan fingerprint density at radius 2 is 1.72 bits per heavy atom. The van der Waals surface area contributed by atoms with Gasteiger partial charge < -0.3 is 10.0 Å². The van der Waals surface area contributed by atoms with Gasteiger partial charge in [-0.15, -0.1) is 0 Å². The zero-order valence-corrected chi connectivity index (χ0v) is 20.1. The van der Waals surface area contributed by atoms with Crippen LogP contribution in [0.3, 0.4) is 0 Å². The van der Waals surface area contributed by atoms with E-state index in [2.05, 4.69) is 39.5 Å². The first-order valence-corrected chi connectivity index (χ1v) is 12.3. The number of rotatable bonds is 5. The smallest absolute Gasteiger partial charge is 0.377 e. The Hall–Kier alpha value is -2.17. The van der Waals surface area contributed by atoms with E-state index >= 15 is 0 Å². The van der Waals surface area contributed by atoms with E-state index in [4.69, 9.17) is 5.11 Å². The van der Waals surface area contributed by atoms with Gasteiger partial charge in [0, 0.05) is 23.6 Å². The van der Waals surface area contributed by atoms with Crippen molar-refractivity contribution in [3.63, 3.8) is 0 Å². The Labute approximate surface area is 191 Å². The Morgan fingerprint density at radius 3 is 2.34 bits per heavy atom. The minimum absolute atomic E-state index is 0.0526. The number of aryl methyl sites for hydroxylation is 1. The molecular weight excluding hydrogens is 402 g/mol. The van der Waals surface area contributed by atoms with Crippen LogP contribution in [0.25, 0.3) is 0 Å². The summed E-state index contributed by atoms with van der Waals surface area (Å²) in [5.41, 5.74) is 2.77. The molecule has 0 saturated heterocycles. The molecule has 174 valence electrons. The van der Waals surface area contributed by atoms with Crippen molar-refractivity contribution in [2.75, 3.05) is 0 Å². The molecule has 5 heteroatoms. The van der Waals surface area contributed by atoms with Crippen LogP contribution in [0.5, 0.6) is 0 Å². The van der Waals surface area contributed by atoms with Gasteiger partial charge in [0.15, 0.2) is 0 Å². The molecule has 2 fully saturated rings. The Balaban J connectivity index is 1.59. The maximum absolute atomic E-state index is 13.6.